The summed E-state index contributed by atoms with van der Waals surface area (Å²) in [6.45, 7) is 1.94. The normalized spacial score (nSPS) is 10.7. The van der Waals surface area contributed by atoms with Gasteiger partial charge in [0, 0.05) is 5.69 Å². The van der Waals surface area contributed by atoms with Gasteiger partial charge in [0.05, 0.1) is 5.69 Å². The number of nitrogens with zero attached hydrogens (tertiary/aromatic N) is 5. The van der Waals surface area contributed by atoms with Gasteiger partial charge >= 0.3 is 0 Å². The van der Waals surface area contributed by atoms with Crippen LogP contribution in [-0.4, -0.2) is 30.3 Å². The molecule has 3 rings (SSSR count). The molecule has 1 N–H and O–H groups in total. The lowest BCUT2D eigenvalue weighted by Gasteiger charge is -2.04. The fraction of sp³-hybridized carbons (Fsp3) is 0.0769. The third-order valence-electron chi connectivity index (χ3n) is 2.59. The first-order chi connectivity index (χ1) is 9.72. The summed E-state index contributed by atoms with van der Waals surface area (Å²) in [6.07, 6.45) is 0. The average Bonchev–Trinajstić information content (AvgIpc) is 2.88. The van der Waals surface area contributed by atoms with Gasteiger partial charge in [-0.25, -0.2) is 4.98 Å². The molecule has 0 aliphatic rings. The Kier molecular flexibility index (Phi) is 3.34. The zero-order chi connectivity index (χ0) is 13.9. The Labute approximate surface area is 119 Å². The van der Waals surface area contributed by atoms with Gasteiger partial charge in [-0.15, -0.1) is 5.10 Å². The second-order valence-electron chi connectivity index (χ2n) is 4.11. The van der Waals surface area contributed by atoms with Crippen LogP contribution in [0.3, 0.4) is 0 Å². The summed E-state index contributed by atoms with van der Waals surface area (Å²) in [6, 6.07) is 12.5. The van der Waals surface area contributed by atoms with Gasteiger partial charge in [-0.2, -0.15) is 4.68 Å². The molecule has 100 valence electrons. The highest BCUT2D eigenvalue weighted by molar-refractivity contribution is 7.99. The molecule has 0 aliphatic carbocycles. The topological polar surface area (TPSA) is 76.7 Å². The summed E-state index contributed by atoms with van der Waals surface area (Å²) >= 11 is 1.39. The van der Waals surface area contributed by atoms with Gasteiger partial charge in [0.2, 0.25) is 5.16 Å². The van der Waals surface area contributed by atoms with Crippen molar-refractivity contribution in [2.75, 3.05) is 0 Å². The summed E-state index contributed by atoms with van der Waals surface area (Å²) in [5, 5.41) is 22.4. The van der Waals surface area contributed by atoms with Crippen molar-refractivity contribution in [2.24, 2.45) is 0 Å². The molecule has 2 aromatic heterocycles. The number of aromatic hydroxyl groups is 1. The number of hydrogen-bond acceptors (Lipinski definition) is 6. The molecule has 0 fully saturated rings. The lowest BCUT2D eigenvalue weighted by atomic mass is 10.3. The highest BCUT2D eigenvalue weighted by atomic mass is 32.2. The number of phenolic OH excluding ortho intramolecular Hbond substituents is 1. The highest BCUT2D eigenvalue weighted by Gasteiger charge is 2.10. The predicted octanol–water partition coefficient (Wildman–Crippen LogP) is 2.22. The van der Waals surface area contributed by atoms with E-state index in [1.54, 1.807) is 28.9 Å². The molecule has 3 aromatic rings. The number of rotatable bonds is 3. The van der Waals surface area contributed by atoms with Gasteiger partial charge in [-0.1, -0.05) is 6.07 Å². The summed E-state index contributed by atoms with van der Waals surface area (Å²) in [7, 11) is 0. The van der Waals surface area contributed by atoms with Crippen LogP contribution >= 0.6 is 11.8 Å². The summed E-state index contributed by atoms with van der Waals surface area (Å²) in [5.41, 5.74) is 1.72. The molecule has 1 aromatic carbocycles. The Hall–Kier alpha value is -2.41. The highest BCUT2D eigenvalue weighted by Crippen LogP contribution is 2.25. The van der Waals surface area contributed by atoms with Gasteiger partial charge in [0.25, 0.3) is 0 Å². The van der Waals surface area contributed by atoms with E-state index in [4.69, 9.17) is 0 Å². The van der Waals surface area contributed by atoms with Crippen molar-refractivity contribution in [2.45, 2.75) is 17.1 Å². The first kappa shape index (κ1) is 12.6. The van der Waals surface area contributed by atoms with Gasteiger partial charge in [-0.05, 0) is 65.5 Å². The van der Waals surface area contributed by atoms with Crippen LogP contribution in [0.2, 0.25) is 0 Å². The molecular formula is C13H11N5OS. The van der Waals surface area contributed by atoms with Crippen molar-refractivity contribution in [1.29, 1.82) is 0 Å². The van der Waals surface area contributed by atoms with Gasteiger partial charge < -0.3 is 5.11 Å². The lowest BCUT2D eigenvalue weighted by Crippen LogP contribution is -1.98. The molecule has 0 radical (unpaired) electrons. The molecule has 7 heteroatoms. The fourth-order valence-electron chi connectivity index (χ4n) is 1.67. The fourth-order valence-corrected chi connectivity index (χ4v) is 2.50. The maximum Gasteiger partial charge on any atom is 0.220 e. The van der Waals surface area contributed by atoms with Crippen LogP contribution in [0.15, 0.2) is 52.6 Å². The zero-order valence-electron chi connectivity index (χ0n) is 10.6. The second-order valence-corrected chi connectivity index (χ2v) is 5.10. The van der Waals surface area contributed by atoms with Crippen LogP contribution in [0.25, 0.3) is 5.69 Å². The monoisotopic (exact) mass is 285 g/mol. The predicted molar refractivity (Wildman–Crippen MR) is 73.9 cm³/mol. The number of pyridine rings is 1. The maximum atomic E-state index is 9.31. The van der Waals surface area contributed by atoms with Gasteiger partial charge in [0.1, 0.15) is 10.8 Å². The van der Waals surface area contributed by atoms with Crippen LogP contribution in [-0.2, 0) is 0 Å². The van der Waals surface area contributed by atoms with Crippen molar-refractivity contribution in [1.82, 2.24) is 25.2 Å². The van der Waals surface area contributed by atoms with Crippen LogP contribution in [0, 0.1) is 6.92 Å². The summed E-state index contributed by atoms with van der Waals surface area (Å²) in [4.78, 5) is 4.41. The smallest absolute Gasteiger partial charge is 0.220 e. The molecule has 0 atom stereocenters. The molecule has 6 nitrogen and oxygen atoms in total. The van der Waals surface area contributed by atoms with Crippen molar-refractivity contribution in [3.8, 4) is 11.4 Å². The number of aromatic nitrogens is 5. The number of hydrogen-bond donors (Lipinski definition) is 1. The largest absolute Gasteiger partial charge is 0.508 e. The van der Waals surface area contributed by atoms with E-state index in [1.807, 2.05) is 25.1 Å². The molecule has 0 amide bonds. The Morgan fingerprint density at radius 1 is 1.10 bits per heavy atom. The molecule has 2 heterocycles. The molecule has 20 heavy (non-hydrogen) atoms. The SMILES string of the molecule is Cc1cccc(Sc2nnnn2-c2ccc(O)cc2)n1. The molecule has 0 unspecified atom stereocenters. The minimum atomic E-state index is 0.205. The third-order valence-corrected chi connectivity index (χ3v) is 3.47. The first-order valence-corrected chi connectivity index (χ1v) is 6.73. The quantitative estimate of drug-likeness (QED) is 0.795. The third kappa shape index (κ3) is 2.62. The average molecular weight is 285 g/mol. The van der Waals surface area contributed by atoms with E-state index in [2.05, 4.69) is 20.5 Å². The van der Waals surface area contributed by atoms with E-state index in [0.29, 0.717) is 5.16 Å². The Morgan fingerprint density at radius 3 is 2.65 bits per heavy atom. The van der Waals surface area contributed by atoms with E-state index >= 15 is 0 Å². The van der Waals surface area contributed by atoms with Crippen LogP contribution in [0.4, 0.5) is 0 Å². The minimum absolute atomic E-state index is 0.205. The Morgan fingerprint density at radius 2 is 1.90 bits per heavy atom. The Bertz CT molecular complexity index is 726. The van der Waals surface area contributed by atoms with Gasteiger partial charge in [-0.3, -0.25) is 0 Å². The number of benzene rings is 1. The van der Waals surface area contributed by atoms with Crippen molar-refractivity contribution in [3.63, 3.8) is 0 Å². The van der Waals surface area contributed by atoms with E-state index in [-0.39, 0.29) is 5.75 Å². The number of aryl methyl sites for hydroxylation is 1. The summed E-state index contributed by atoms with van der Waals surface area (Å²) < 4.78 is 1.61. The standard InChI is InChI=1S/C13H11N5OS/c1-9-3-2-4-12(14-9)20-13-15-16-17-18(13)10-5-7-11(19)8-6-10/h2-8,19H,1H3. The number of tetrazole rings is 1. The van der Waals surface area contributed by atoms with Crippen molar-refractivity contribution >= 4 is 11.8 Å². The maximum absolute atomic E-state index is 9.31. The lowest BCUT2D eigenvalue weighted by molar-refractivity contribution is 0.475. The molecular weight excluding hydrogens is 274 g/mol. The molecule has 0 spiro atoms. The Balaban J connectivity index is 1.92. The van der Waals surface area contributed by atoms with E-state index < -0.39 is 0 Å². The molecule has 0 aliphatic heterocycles. The molecule has 0 saturated carbocycles. The molecule has 0 bridgehead atoms. The van der Waals surface area contributed by atoms with Crippen LogP contribution < -0.4 is 0 Å². The second kappa shape index (κ2) is 5.30. The number of phenols is 1. The first-order valence-electron chi connectivity index (χ1n) is 5.92. The van der Waals surface area contributed by atoms with E-state index in [0.717, 1.165) is 16.4 Å². The molecule has 0 saturated heterocycles. The van der Waals surface area contributed by atoms with Crippen molar-refractivity contribution in [3.05, 3.63) is 48.2 Å². The van der Waals surface area contributed by atoms with Crippen molar-refractivity contribution < 1.29 is 5.11 Å². The minimum Gasteiger partial charge on any atom is -0.508 e. The summed E-state index contributed by atoms with van der Waals surface area (Å²) in [5.74, 6) is 0.205. The van der Waals surface area contributed by atoms with Crippen LogP contribution in [0.5, 0.6) is 5.75 Å². The van der Waals surface area contributed by atoms with E-state index in [9.17, 15) is 5.11 Å². The zero-order valence-corrected chi connectivity index (χ0v) is 11.4. The van der Waals surface area contributed by atoms with Gasteiger partial charge in [0.15, 0.2) is 0 Å². The van der Waals surface area contributed by atoms with E-state index in [1.165, 1.54) is 11.8 Å². The van der Waals surface area contributed by atoms with Crippen LogP contribution in [0.1, 0.15) is 5.69 Å².